The molecule has 0 bridgehead atoms. The van der Waals surface area contributed by atoms with E-state index in [-0.39, 0.29) is 0 Å². The van der Waals surface area contributed by atoms with E-state index in [9.17, 15) is 13.2 Å². The number of nitrogens with one attached hydrogen (secondary N) is 1. The quantitative estimate of drug-likeness (QED) is 0.891. The van der Waals surface area contributed by atoms with E-state index < -0.39 is 11.7 Å². The zero-order chi connectivity index (χ0) is 15.6. The van der Waals surface area contributed by atoms with E-state index in [0.29, 0.717) is 12.4 Å². The van der Waals surface area contributed by atoms with Crippen LogP contribution in [0.15, 0.2) is 42.5 Å². The van der Waals surface area contributed by atoms with Gasteiger partial charge < -0.3 is 10.1 Å². The average molecular weight is 307 g/mol. The third-order valence-corrected chi connectivity index (χ3v) is 3.77. The van der Waals surface area contributed by atoms with Crippen LogP contribution < -0.4 is 10.1 Å². The van der Waals surface area contributed by atoms with Gasteiger partial charge in [0.2, 0.25) is 0 Å². The Labute approximate surface area is 126 Å². The van der Waals surface area contributed by atoms with Gasteiger partial charge in [-0.15, -0.1) is 0 Å². The number of ether oxygens (including phenoxy) is 1. The zero-order valence-corrected chi connectivity index (χ0v) is 11.9. The van der Waals surface area contributed by atoms with Crippen LogP contribution >= 0.6 is 0 Å². The number of hydrogen-bond donors (Lipinski definition) is 1. The minimum Gasteiger partial charge on any atom is -0.489 e. The molecule has 0 aromatic heterocycles. The molecule has 1 heterocycles. The van der Waals surface area contributed by atoms with Crippen LogP contribution in [0.3, 0.4) is 0 Å². The Morgan fingerprint density at radius 1 is 1.05 bits per heavy atom. The predicted molar refractivity (Wildman–Crippen MR) is 79.0 cm³/mol. The van der Waals surface area contributed by atoms with Gasteiger partial charge in [0.1, 0.15) is 12.4 Å². The Morgan fingerprint density at radius 2 is 1.82 bits per heavy atom. The Kier molecular flexibility index (Phi) is 3.96. The average Bonchev–Trinajstić information content (AvgIpc) is 2.52. The van der Waals surface area contributed by atoms with Crippen molar-refractivity contribution in [1.82, 2.24) is 0 Å². The second kappa shape index (κ2) is 5.91. The largest absolute Gasteiger partial charge is 0.489 e. The van der Waals surface area contributed by atoms with Crippen molar-refractivity contribution in [3.8, 4) is 5.75 Å². The van der Waals surface area contributed by atoms with Gasteiger partial charge in [-0.1, -0.05) is 12.1 Å². The highest BCUT2D eigenvalue weighted by atomic mass is 19.4. The van der Waals surface area contributed by atoms with Gasteiger partial charge in [-0.2, -0.15) is 13.2 Å². The third-order valence-electron chi connectivity index (χ3n) is 3.77. The fourth-order valence-electron chi connectivity index (χ4n) is 2.62. The van der Waals surface area contributed by atoms with Gasteiger partial charge in [0.25, 0.3) is 0 Å². The molecule has 5 heteroatoms. The first-order chi connectivity index (χ1) is 10.5. The smallest absolute Gasteiger partial charge is 0.416 e. The summed E-state index contributed by atoms with van der Waals surface area (Å²) in [7, 11) is 0. The normalized spacial score (nSPS) is 14.1. The maximum Gasteiger partial charge on any atom is 0.416 e. The van der Waals surface area contributed by atoms with Crippen molar-refractivity contribution in [2.24, 2.45) is 0 Å². The van der Waals surface area contributed by atoms with Crippen molar-refractivity contribution in [2.45, 2.75) is 25.6 Å². The summed E-state index contributed by atoms with van der Waals surface area (Å²) >= 11 is 0. The molecule has 0 spiro atoms. The van der Waals surface area contributed by atoms with E-state index in [2.05, 4.69) is 5.32 Å². The fraction of sp³-hybridized carbons (Fsp3) is 0.294. The first-order valence-corrected chi connectivity index (χ1v) is 7.19. The number of anilines is 1. The summed E-state index contributed by atoms with van der Waals surface area (Å²) in [5.74, 6) is 0.439. The number of alkyl halides is 3. The number of fused-ring (bicyclic) bond motifs is 1. The molecule has 3 rings (SSSR count). The molecule has 116 valence electrons. The second-order valence-corrected chi connectivity index (χ2v) is 5.28. The lowest BCUT2D eigenvalue weighted by Crippen LogP contribution is -2.14. The van der Waals surface area contributed by atoms with Crippen LogP contribution in [0.25, 0.3) is 0 Å². The molecule has 0 radical (unpaired) electrons. The van der Waals surface area contributed by atoms with Crippen LogP contribution in [-0.4, -0.2) is 6.54 Å². The van der Waals surface area contributed by atoms with Gasteiger partial charge in [0.15, 0.2) is 0 Å². The molecule has 0 saturated heterocycles. The third kappa shape index (κ3) is 3.18. The Balaban J connectivity index is 1.70. The lowest BCUT2D eigenvalue weighted by Gasteiger charge is -2.21. The van der Waals surface area contributed by atoms with Gasteiger partial charge in [-0.25, -0.2) is 0 Å². The van der Waals surface area contributed by atoms with Gasteiger partial charge in [-0.3, -0.25) is 0 Å². The Morgan fingerprint density at radius 3 is 2.55 bits per heavy atom. The van der Waals surface area contributed by atoms with E-state index in [1.54, 1.807) is 0 Å². The number of hydrogen-bond acceptors (Lipinski definition) is 2. The van der Waals surface area contributed by atoms with Crippen molar-refractivity contribution in [3.05, 3.63) is 59.2 Å². The summed E-state index contributed by atoms with van der Waals surface area (Å²) in [5.41, 5.74) is 2.77. The monoisotopic (exact) mass is 307 g/mol. The molecule has 0 saturated carbocycles. The summed E-state index contributed by atoms with van der Waals surface area (Å²) in [6.45, 7) is 1.33. The number of halogens is 3. The SMILES string of the molecule is FC(F)(F)c1ccc(OCc2cccc3c2CCCN3)cc1. The molecule has 2 nitrogen and oxygen atoms in total. The Hall–Kier alpha value is -2.17. The molecule has 2 aromatic carbocycles. The van der Waals surface area contributed by atoms with Gasteiger partial charge >= 0.3 is 6.18 Å². The topological polar surface area (TPSA) is 21.3 Å². The van der Waals surface area contributed by atoms with Crippen molar-refractivity contribution in [2.75, 3.05) is 11.9 Å². The maximum absolute atomic E-state index is 12.5. The highest BCUT2D eigenvalue weighted by Gasteiger charge is 2.30. The van der Waals surface area contributed by atoms with E-state index in [4.69, 9.17) is 4.74 Å². The van der Waals surface area contributed by atoms with Gasteiger partial charge in [0.05, 0.1) is 5.56 Å². The van der Waals surface area contributed by atoms with Crippen LogP contribution in [0, 0.1) is 0 Å². The van der Waals surface area contributed by atoms with Crippen LogP contribution in [0.4, 0.5) is 18.9 Å². The minimum absolute atomic E-state index is 0.357. The molecular formula is C17H16F3NO. The van der Waals surface area contributed by atoms with Gasteiger partial charge in [0, 0.05) is 12.2 Å². The zero-order valence-electron chi connectivity index (χ0n) is 11.9. The first kappa shape index (κ1) is 14.8. The highest BCUT2D eigenvalue weighted by molar-refractivity contribution is 5.56. The van der Waals surface area contributed by atoms with Crippen LogP contribution in [0.2, 0.25) is 0 Å². The van der Waals surface area contributed by atoms with Crippen LogP contribution in [-0.2, 0) is 19.2 Å². The molecule has 0 amide bonds. The summed E-state index contributed by atoms with van der Waals surface area (Å²) in [4.78, 5) is 0. The number of benzene rings is 2. The molecule has 2 aromatic rings. The first-order valence-electron chi connectivity index (χ1n) is 7.19. The van der Waals surface area contributed by atoms with E-state index in [1.807, 2.05) is 18.2 Å². The van der Waals surface area contributed by atoms with Crippen LogP contribution in [0.1, 0.15) is 23.1 Å². The van der Waals surface area contributed by atoms with Crippen LogP contribution in [0.5, 0.6) is 5.75 Å². The molecule has 1 aliphatic heterocycles. The highest BCUT2D eigenvalue weighted by Crippen LogP contribution is 2.31. The Bertz CT molecular complexity index is 650. The van der Waals surface area contributed by atoms with Gasteiger partial charge in [-0.05, 0) is 54.3 Å². The summed E-state index contributed by atoms with van der Waals surface area (Å²) in [5, 5.41) is 3.34. The molecule has 1 N–H and O–H groups in total. The maximum atomic E-state index is 12.5. The van der Waals surface area contributed by atoms with Crippen molar-refractivity contribution < 1.29 is 17.9 Å². The van der Waals surface area contributed by atoms with E-state index >= 15 is 0 Å². The molecule has 0 atom stereocenters. The summed E-state index contributed by atoms with van der Waals surface area (Å²) in [6, 6.07) is 10.8. The summed E-state index contributed by atoms with van der Waals surface area (Å²) in [6.07, 6.45) is -2.25. The standard InChI is InChI=1S/C17H16F3NO/c18-17(19,20)13-6-8-14(9-7-13)22-11-12-3-1-5-16-15(12)4-2-10-21-16/h1,3,5-9,21H,2,4,10-11H2. The predicted octanol–water partition coefficient (Wildman–Crippen LogP) is 4.64. The molecule has 0 fully saturated rings. The van der Waals surface area contributed by atoms with E-state index in [0.717, 1.165) is 42.8 Å². The van der Waals surface area contributed by atoms with Crippen molar-refractivity contribution in [3.63, 3.8) is 0 Å². The summed E-state index contributed by atoms with van der Waals surface area (Å²) < 4.78 is 43.2. The lowest BCUT2D eigenvalue weighted by molar-refractivity contribution is -0.137. The molecule has 0 aliphatic carbocycles. The van der Waals surface area contributed by atoms with Crippen molar-refractivity contribution >= 4 is 5.69 Å². The lowest BCUT2D eigenvalue weighted by atomic mass is 9.98. The second-order valence-electron chi connectivity index (χ2n) is 5.28. The fourth-order valence-corrected chi connectivity index (χ4v) is 2.62. The molecule has 1 aliphatic rings. The molecule has 0 unspecified atom stereocenters. The van der Waals surface area contributed by atoms with Crippen molar-refractivity contribution in [1.29, 1.82) is 0 Å². The minimum atomic E-state index is -4.32. The molecular weight excluding hydrogens is 291 g/mol. The van der Waals surface area contributed by atoms with E-state index in [1.165, 1.54) is 17.7 Å². The molecule has 22 heavy (non-hydrogen) atoms. The number of rotatable bonds is 3.